The van der Waals surface area contributed by atoms with Gasteiger partial charge in [0.25, 0.3) is 5.91 Å². The van der Waals surface area contributed by atoms with Gasteiger partial charge in [-0.15, -0.1) is 0 Å². The first-order valence-electron chi connectivity index (χ1n) is 16.3. The first-order chi connectivity index (χ1) is 21.8. The van der Waals surface area contributed by atoms with Gasteiger partial charge in [-0.3, -0.25) is 14.2 Å². The van der Waals surface area contributed by atoms with Crippen LogP contribution in [0.15, 0.2) is 43.0 Å². The fourth-order valence-corrected chi connectivity index (χ4v) is 8.31. The molecule has 1 saturated carbocycles. The minimum atomic E-state index is -0.347. The molecule has 1 atom stereocenters. The normalized spacial score (nSPS) is 19.1. The second-order valence-corrected chi connectivity index (χ2v) is 13.4. The number of nitrogens with zero attached hydrogens (tertiary/aromatic N) is 6. The number of carbonyl (C=O) groups excluding carboxylic acids is 1. The van der Waals surface area contributed by atoms with Gasteiger partial charge in [-0.05, 0) is 61.6 Å². The van der Waals surface area contributed by atoms with Gasteiger partial charge in [-0.1, -0.05) is 19.9 Å². The van der Waals surface area contributed by atoms with Gasteiger partial charge in [0.15, 0.2) is 0 Å². The number of carbonyl (C=O) groups is 1. The summed E-state index contributed by atoms with van der Waals surface area (Å²) in [6.45, 7) is 6.88. The van der Waals surface area contributed by atoms with E-state index in [1.54, 1.807) is 0 Å². The van der Waals surface area contributed by atoms with Crippen LogP contribution in [-0.2, 0) is 40.6 Å². The number of aromatic nitrogens is 6. The van der Waals surface area contributed by atoms with Crippen LogP contribution in [0.1, 0.15) is 63.5 Å². The number of likely N-dealkylation sites (tertiary alicyclic amines) is 1. The van der Waals surface area contributed by atoms with Crippen LogP contribution in [0.5, 0.6) is 0 Å². The van der Waals surface area contributed by atoms with Crippen molar-refractivity contribution in [2.45, 2.75) is 70.7 Å². The second-order valence-electron chi connectivity index (χ2n) is 13.4. The molecule has 6 heterocycles. The standard InChI is InChI=1S/C35H41N7O3/c1-5-13-44-27(6-2)33(43)42-11-9-34(10-12-42)20-35(21-34)30-25(19-45-35)15-36-32-29(30)28(31(39-32)24-17-37-40(3)18-24)22-7-8-26-23(14-22)16-38-41(26)4/h7-8,14-18,27H,5-6,9-13,19-21H2,1-4H3,(H,36,39)/t27-/m0/s1. The van der Waals surface area contributed by atoms with Gasteiger partial charge in [-0.2, -0.15) is 10.2 Å². The third-order valence-electron chi connectivity index (χ3n) is 10.5. The lowest BCUT2D eigenvalue weighted by Crippen LogP contribution is -2.56. The lowest BCUT2D eigenvalue weighted by atomic mass is 9.53. The van der Waals surface area contributed by atoms with E-state index in [2.05, 4.69) is 40.3 Å². The van der Waals surface area contributed by atoms with Crippen molar-refractivity contribution in [3.8, 4) is 22.4 Å². The second kappa shape index (κ2) is 10.5. The maximum atomic E-state index is 13.2. The molecule has 2 aliphatic heterocycles. The van der Waals surface area contributed by atoms with Crippen LogP contribution in [0.25, 0.3) is 44.3 Å². The fraction of sp³-hybridized carbons (Fsp3) is 0.486. The zero-order valence-corrected chi connectivity index (χ0v) is 26.6. The number of fused-ring (bicyclic) bond motifs is 5. The van der Waals surface area contributed by atoms with E-state index in [4.69, 9.17) is 14.5 Å². The highest BCUT2D eigenvalue weighted by Crippen LogP contribution is 2.65. The van der Waals surface area contributed by atoms with E-state index < -0.39 is 0 Å². The molecule has 2 fully saturated rings. The first-order valence-corrected chi connectivity index (χ1v) is 16.3. The third kappa shape index (κ3) is 4.44. The van der Waals surface area contributed by atoms with Crippen LogP contribution in [0.4, 0.5) is 0 Å². The van der Waals surface area contributed by atoms with Gasteiger partial charge in [0, 0.05) is 79.2 Å². The summed E-state index contributed by atoms with van der Waals surface area (Å²) < 4.78 is 16.4. The molecule has 0 unspecified atom stereocenters. The van der Waals surface area contributed by atoms with Crippen LogP contribution >= 0.6 is 0 Å². The monoisotopic (exact) mass is 607 g/mol. The molecule has 1 saturated heterocycles. The molecule has 10 heteroatoms. The molecule has 234 valence electrons. The quantitative estimate of drug-likeness (QED) is 0.249. The van der Waals surface area contributed by atoms with Crippen molar-refractivity contribution < 1.29 is 14.3 Å². The summed E-state index contributed by atoms with van der Waals surface area (Å²) >= 11 is 0. The van der Waals surface area contributed by atoms with Crippen LogP contribution in [0.3, 0.4) is 0 Å². The molecule has 0 radical (unpaired) electrons. The smallest absolute Gasteiger partial charge is 0.251 e. The minimum absolute atomic E-state index is 0.149. The molecule has 45 heavy (non-hydrogen) atoms. The van der Waals surface area contributed by atoms with E-state index >= 15 is 0 Å². The number of hydrogen-bond donors (Lipinski definition) is 1. The predicted octanol–water partition coefficient (Wildman–Crippen LogP) is 5.85. The lowest BCUT2D eigenvalue weighted by molar-refractivity contribution is -0.186. The Kier molecular flexibility index (Phi) is 6.65. The highest BCUT2D eigenvalue weighted by Gasteiger charge is 2.60. The number of H-pyrrole nitrogens is 1. The molecule has 10 nitrogen and oxygen atoms in total. The van der Waals surface area contributed by atoms with Crippen molar-refractivity contribution >= 4 is 27.8 Å². The number of piperidine rings is 1. The van der Waals surface area contributed by atoms with Gasteiger partial charge in [0.05, 0.1) is 35.8 Å². The summed E-state index contributed by atoms with van der Waals surface area (Å²) in [6.07, 6.45) is 13.1. The van der Waals surface area contributed by atoms with Crippen LogP contribution in [-0.4, -0.2) is 66.1 Å². The summed E-state index contributed by atoms with van der Waals surface area (Å²) in [7, 11) is 3.92. The molecular formula is C35H41N7O3. The number of hydrogen-bond acceptors (Lipinski definition) is 6. The van der Waals surface area contributed by atoms with Crippen LogP contribution in [0.2, 0.25) is 0 Å². The number of pyridine rings is 1. The Balaban J connectivity index is 1.16. The number of rotatable bonds is 7. The fourth-order valence-electron chi connectivity index (χ4n) is 8.31. The van der Waals surface area contributed by atoms with Crippen molar-refractivity contribution in [3.05, 3.63) is 54.1 Å². The topological polar surface area (TPSA) is 103 Å². The molecule has 8 rings (SSSR count). The molecule has 1 aliphatic carbocycles. The molecule has 5 aromatic rings. The van der Waals surface area contributed by atoms with Crippen molar-refractivity contribution in [1.29, 1.82) is 0 Å². The number of ether oxygens (including phenoxy) is 2. The average molecular weight is 608 g/mol. The lowest BCUT2D eigenvalue weighted by Gasteiger charge is -2.57. The Morgan fingerprint density at radius 3 is 2.64 bits per heavy atom. The number of nitrogens with one attached hydrogen (secondary N) is 1. The third-order valence-corrected chi connectivity index (χ3v) is 10.5. The van der Waals surface area contributed by atoms with E-state index in [1.165, 1.54) is 11.1 Å². The average Bonchev–Trinajstić information content (AvgIpc) is 3.81. The van der Waals surface area contributed by atoms with E-state index in [1.807, 2.05) is 60.1 Å². The summed E-state index contributed by atoms with van der Waals surface area (Å²) in [6, 6.07) is 6.57. The Hall–Kier alpha value is -4.02. The van der Waals surface area contributed by atoms with Gasteiger partial charge in [0.2, 0.25) is 0 Å². The summed E-state index contributed by atoms with van der Waals surface area (Å²) in [5, 5.41) is 11.2. The van der Waals surface area contributed by atoms with Crippen LogP contribution < -0.4 is 0 Å². The van der Waals surface area contributed by atoms with Crippen molar-refractivity contribution in [2.75, 3.05) is 19.7 Å². The zero-order valence-electron chi connectivity index (χ0n) is 26.6. The molecule has 2 spiro atoms. The largest absolute Gasteiger partial charge is 0.368 e. The molecule has 3 aliphatic rings. The van der Waals surface area contributed by atoms with Gasteiger partial charge in [0.1, 0.15) is 11.8 Å². The molecule has 1 N–H and O–H groups in total. The Morgan fingerprint density at radius 1 is 1.09 bits per heavy atom. The zero-order chi connectivity index (χ0) is 30.9. The molecule has 4 aromatic heterocycles. The predicted molar refractivity (Wildman–Crippen MR) is 172 cm³/mol. The summed E-state index contributed by atoms with van der Waals surface area (Å²) in [4.78, 5) is 23.9. The Bertz CT molecular complexity index is 1920. The number of benzene rings is 1. The minimum Gasteiger partial charge on any atom is -0.368 e. The number of aryl methyl sites for hydroxylation is 2. The molecule has 1 amide bonds. The molecular weight excluding hydrogens is 566 g/mol. The Morgan fingerprint density at radius 2 is 1.91 bits per heavy atom. The first kappa shape index (κ1) is 28.5. The molecule has 0 bridgehead atoms. The highest BCUT2D eigenvalue weighted by molar-refractivity contribution is 6.06. The number of aromatic amines is 1. The SMILES string of the molecule is CCCO[C@@H](CC)C(=O)N1CCC2(CC1)CC1(C2)OCc2cnc3[nH]c(-c4cnn(C)c4)c(-c4ccc5c(cnn5C)c4)c3c21. The summed E-state index contributed by atoms with van der Waals surface area (Å²) in [5.74, 6) is 0.149. The Labute approximate surface area is 262 Å². The maximum absolute atomic E-state index is 13.2. The van der Waals surface area contributed by atoms with E-state index in [9.17, 15) is 4.79 Å². The van der Waals surface area contributed by atoms with Crippen molar-refractivity contribution in [3.63, 3.8) is 0 Å². The van der Waals surface area contributed by atoms with E-state index in [-0.39, 0.29) is 23.0 Å². The van der Waals surface area contributed by atoms with Gasteiger partial charge in [-0.25, -0.2) is 4.98 Å². The number of amides is 1. The van der Waals surface area contributed by atoms with Gasteiger partial charge < -0.3 is 19.4 Å². The van der Waals surface area contributed by atoms with E-state index in [0.29, 0.717) is 19.6 Å². The van der Waals surface area contributed by atoms with Crippen molar-refractivity contribution in [1.82, 2.24) is 34.4 Å². The van der Waals surface area contributed by atoms with E-state index in [0.717, 1.165) is 89.5 Å². The van der Waals surface area contributed by atoms with Gasteiger partial charge >= 0.3 is 0 Å². The highest BCUT2D eigenvalue weighted by atomic mass is 16.5. The van der Waals surface area contributed by atoms with Crippen molar-refractivity contribution in [2.24, 2.45) is 19.5 Å². The molecule has 1 aromatic carbocycles. The maximum Gasteiger partial charge on any atom is 0.251 e. The van der Waals surface area contributed by atoms with Crippen LogP contribution in [0, 0.1) is 5.41 Å². The summed E-state index contributed by atoms with van der Waals surface area (Å²) in [5.41, 5.74) is 8.54.